The summed E-state index contributed by atoms with van der Waals surface area (Å²) >= 11 is 0. The monoisotopic (exact) mass is 1760 g/mol. The van der Waals surface area contributed by atoms with E-state index in [9.17, 15) is 56.2 Å². The second-order valence-electron chi connectivity index (χ2n) is 44.9. The molecule has 24 aliphatic rings. The molecule has 31 rings (SSSR count). The van der Waals surface area contributed by atoms with E-state index in [0.717, 1.165) is 224 Å². The maximum absolute atomic E-state index is 12.7. The number of benzene rings is 6. The number of likely N-dealkylation sites (tertiary alicyclic amines) is 5. The molecule has 6 aromatic carbocycles. The van der Waals surface area contributed by atoms with Crippen LogP contribution in [0.15, 0.2) is 122 Å². The molecular formula is C107H125N7O16. The minimum Gasteiger partial charge on any atom is -0.504 e. The Morgan fingerprint density at radius 3 is 1.38 bits per heavy atom. The van der Waals surface area contributed by atoms with Gasteiger partial charge in [-0.2, -0.15) is 0 Å². The second-order valence-corrected chi connectivity index (χ2v) is 44.9. The summed E-state index contributed by atoms with van der Waals surface area (Å²) in [5.74, 6) is 7.36. The van der Waals surface area contributed by atoms with Crippen LogP contribution < -0.4 is 29.4 Å². The summed E-state index contributed by atoms with van der Waals surface area (Å²) in [6, 6.07) is 28.1. The zero-order valence-electron chi connectivity index (χ0n) is 74.4. The van der Waals surface area contributed by atoms with E-state index in [2.05, 4.69) is 73.0 Å². The normalized spacial score (nSPS) is 40.6. The molecule has 14 aliphatic carbocycles. The van der Waals surface area contributed by atoms with Crippen LogP contribution in [0.4, 0.5) is 0 Å². The lowest BCUT2D eigenvalue weighted by Gasteiger charge is -2.64. The van der Waals surface area contributed by atoms with Crippen molar-refractivity contribution in [1.82, 2.24) is 29.5 Å². The van der Waals surface area contributed by atoms with Crippen LogP contribution in [0.1, 0.15) is 201 Å². The number of piperidine rings is 5. The highest BCUT2D eigenvalue weighted by Gasteiger charge is 2.78. The summed E-state index contributed by atoms with van der Waals surface area (Å²) in [4.78, 5) is 16.3. The largest absolute Gasteiger partial charge is 0.504 e. The molecule has 23 heteroatoms. The molecule has 14 N–H and O–H groups in total. The van der Waals surface area contributed by atoms with Gasteiger partial charge in [0.1, 0.15) is 30.5 Å². The van der Waals surface area contributed by atoms with Crippen LogP contribution in [-0.4, -0.2) is 246 Å². The Balaban J connectivity index is 0.0000000839. The van der Waals surface area contributed by atoms with Gasteiger partial charge < -0.3 is 90.6 Å². The summed E-state index contributed by atoms with van der Waals surface area (Å²) in [6.45, 7) is 18.4. The number of phenolic OH excluding ortho intramolecular Hbond substituents is 5. The first-order valence-electron chi connectivity index (χ1n) is 49.8. The second kappa shape index (κ2) is 27.9. The summed E-state index contributed by atoms with van der Waals surface area (Å²) in [6.07, 6.45) is 28.8. The topological polar surface area (TPSA) is 327 Å². The molecule has 5 saturated heterocycles. The Kier molecular flexibility index (Phi) is 17.4. The van der Waals surface area contributed by atoms with E-state index in [-0.39, 0.29) is 88.8 Å². The molecule has 12 fully saturated rings. The van der Waals surface area contributed by atoms with Crippen molar-refractivity contribution in [2.45, 2.75) is 295 Å². The third kappa shape index (κ3) is 10.4. The number of hydrogen-bond donors (Lipinski definition) is 13. The van der Waals surface area contributed by atoms with Crippen molar-refractivity contribution in [2.75, 3.05) is 65.4 Å². The van der Waals surface area contributed by atoms with Crippen LogP contribution in [0.3, 0.4) is 0 Å². The first-order valence-corrected chi connectivity index (χ1v) is 49.8. The molecule has 10 aliphatic heterocycles. The number of ether oxygens (including phenoxy) is 5. The zero-order valence-corrected chi connectivity index (χ0v) is 74.4. The number of nitrogens with zero attached hydrogens (tertiary/aromatic N) is 5. The number of rotatable bonds is 10. The SMILES string of the molecule is C=C1CC[C@@]2(O)[C@H]3Cc4ccc(O)c5c4[C@@]2(CCN3CC2CC2)C1O5.C=CCN1CC[C@]23c4c5ccc(O)c4OC2[C@@H](O)C=C[C@H]3[C@H]1C5.N[C@@H]1CC[C@@]2(O)[C@H]3Cc4ccc(O)c5c4[C@@]2(CCN3CC2CC2)C1O5.Oc1ccc2c3c1OC1[C@@H](O)CC[C@@]4(O)[C@@H](C2)N(CC2CCC2)CC[C@]314.Oc1ccc2c3c1OC1c4[nH]c5ccccc5c4C[C@@]4(O)[C@@H](C2)N(CC2CC2)CC[C@]314. The van der Waals surface area contributed by atoms with Gasteiger partial charge >= 0.3 is 0 Å². The predicted octanol–water partition coefficient (Wildman–Crippen LogP) is 10.8. The number of nitrogens with two attached hydrogens (primary N) is 1. The molecule has 11 heterocycles. The Hall–Kier alpha value is -8.40. The lowest BCUT2D eigenvalue weighted by Crippen LogP contribution is -2.77. The molecule has 23 atom stereocenters. The van der Waals surface area contributed by atoms with E-state index in [0.29, 0.717) is 60.0 Å². The fraction of sp³-hybridized carbons (Fsp3) is 0.589. The van der Waals surface area contributed by atoms with Gasteiger partial charge in [0.15, 0.2) is 63.6 Å². The van der Waals surface area contributed by atoms with Crippen molar-refractivity contribution in [3.8, 4) is 57.5 Å². The van der Waals surface area contributed by atoms with E-state index >= 15 is 0 Å². The molecule has 7 aromatic rings. The van der Waals surface area contributed by atoms with Crippen LogP contribution >= 0.6 is 0 Å². The highest BCUT2D eigenvalue weighted by atomic mass is 16.5. The lowest BCUT2D eigenvalue weighted by atomic mass is 9.48. The van der Waals surface area contributed by atoms with Gasteiger partial charge in [0.25, 0.3) is 0 Å². The summed E-state index contributed by atoms with van der Waals surface area (Å²) in [7, 11) is 0. The molecule has 0 radical (unpaired) electrons. The molecule has 23 nitrogen and oxygen atoms in total. The van der Waals surface area contributed by atoms with Crippen molar-refractivity contribution in [3.05, 3.63) is 189 Å². The number of H-pyrrole nitrogens is 1. The van der Waals surface area contributed by atoms with E-state index in [1.54, 1.807) is 30.3 Å². The standard InChI is InChI=1S/C26H26N2O3.C21H27NO4.C21H25NO3.C20H26N2O3.C19H21NO3/c29-19-8-7-15-11-20-26(30)12-17-16-3-1-2-4-18(16)27-22(17)24-25(26,21(15)23(19)31-24)9-10-28(20)13-14-5-6-14;23-14-5-4-13-10-16-21(25)7-6-15(24)19-20(21,17(13)18(14)26-19)8-9-22(16)11-12-2-1-3-12;1-12-6-7-21(24)16-10-14-4-5-15(23)18-17(14)20(21,19(12)25-18)8-9-22(16)11-13-2-3-13;21-13-5-6-20(24)15-9-12-3-4-14(23)17-16(12)19(20,18(13)25-17)7-8-22(15)10-11-1-2-11;1-2-8-20-9-7-19-12-4-6-15(22)18(19)23-17-14(21)5-3-11(16(17)19)10-13(12)20/h1-4,7-8,14,20,24,27,29-30H,5-6,9-13H2;4-5,12,15-16,19,23-25H,1-3,6-11H2;4-5,13,16,19,23-24H,1-3,6-11H2;3-4,11,13,15,18,23-24H,1-2,5-10,21H2;2-6,12-13,15,18,21-22H,1,7-10H2/t20-,24?,25+,26-;15-,16+,19?,20-,21+;16-,19?,20+,21-;13-,15-,18?,19+,20-;12-,13+,15-,18?,19-/m10110/s1. The maximum atomic E-state index is 12.7. The number of aliphatic hydroxyl groups excluding tert-OH is 2. The predicted molar refractivity (Wildman–Crippen MR) is 485 cm³/mol. The highest BCUT2D eigenvalue weighted by molar-refractivity contribution is 5.86. The maximum Gasteiger partial charge on any atom is 0.166 e. The van der Waals surface area contributed by atoms with Gasteiger partial charge in [-0.15, -0.1) is 6.58 Å². The van der Waals surface area contributed by atoms with Gasteiger partial charge in [-0.05, 0) is 286 Å². The van der Waals surface area contributed by atoms with Crippen molar-refractivity contribution in [2.24, 2.45) is 35.3 Å². The van der Waals surface area contributed by atoms with E-state index < -0.39 is 62.4 Å². The number of aromatic amines is 1. The number of hydrogen-bond acceptors (Lipinski definition) is 22. The number of aliphatic hydroxyl groups is 6. The van der Waals surface area contributed by atoms with Gasteiger partial charge in [0.2, 0.25) is 0 Å². The molecular weight excluding hydrogens is 1640 g/mol. The number of aromatic nitrogens is 1. The minimum atomic E-state index is -0.908. The number of nitrogens with one attached hydrogen (secondary N) is 1. The summed E-state index contributed by atoms with van der Waals surface area (Å²) in [5, 5.41) is 124. The fourth-order valence-corrected chi connectivity index (χ4v) is 32.8. The number of para-hydroxylation sites is 1. The third-order valence-corrected chi connectivity index (χ3v) is 39.2. The average Bonchev–Trinajstić information content (AvgIpc) is 1.48. The zero-order chi connectivity index (χ0) is 87.9. The molecule has 5 spiro atoms. The molecule has 684 valence electrons. The average molecular weight is 1770 g/mol. The molecule has 5 unspecified atom stereocenters. The van der Waals surface area contributed by atoms with Crippen LogP contribution in [0, 0.1) is 29.6 Å². The molecule has 0 amide bonds. The Morgan fingerprint density at radius 1 is 0.431 bits per heavy atom. The third-order valence-electron chi connectivity index (χ3n) is 39.2. The van der Waals surface area contributed by atoms with E-state index in [1.165, 1.54) is 96.6 Å². The van der Waals surface area contributed by atoms with E-state index in [1.807, 2.05) is 42.5 Å². The Labute approximate surface area is 758 Å². The fourth-order valence-electron chi connectivity index (χ4n) is 32.8. The van der Waals surface area contributed by atoms with Gasteiger partial charge in [0, 0.05) is 125 Å². The van der Waals surface area contributed by atoms with Crippen molar-refractivity contribution < 1.29 is 79.9 Å². The van der Waals surface area contributed by atoms with Crippen LogP contribution in [0.25, 0.3) is 10.9 Å². The lowest BCUT2D eigenvalue weighted by molar-refractivity contribution is -0.209. The Morgan fingerprint density at radius 2 is 0.862 bits per heavy atom. The summed E-state index contributed by atoms with van der Waals surface area (Å²) in [5.41, 5.74) is 16.9. The van der Waals surface area contributed by atoms with Gasteiger partial charge in [-0.25, -0.2) is 0 Å². The quantitative estimate of drug-likeness (QED) is 0.0566. The van der Waals surface area contributed by atoms with Crippen LogP contribution in [-0.2, 0) is 65.6 Å². The molecule has 10 bridgehead atoms. The van der Waals surface area contributed by atoms with Crippen LogP contribution in [0.2, 0.25) is 0 Å². The number of aromatic hydroxyl groups is 5. The van der Waals surface area contributed by atoms with Crippen molar-refractivity contribution in [3.63, 3.8) is 0 Å². The first-order chi connectivity index (χ1) is 62.9. The highest BCUT2D eigenvalue weighted by Crippen LogP contribution is 2.74. The van der Waals surface area contributed by atoms with Gasteiger partial charge in [0.05, 0.1) is 55.9 Å². The van der Waals surface area contributed by atoms with E-state index in [4.69, 9.17) is 29.4 Å². The van der Waals surface area contributed by atoms with Crippen LogP contribution in [0.5, 0.6) is 57.5 Å². The first kappa shape index (κ1) is 81.2. The Bertz CT molecular complexity index is 5980. The number of phenols is 5. The molecule has 1 aromatic heterocycles. The molecule has 130 heavy (non-hydrogen) atoms. The van der Waals surface area contributed by atoms with Crippen molar-refractivity contribution >= 4 is 10.9 Å². The molecule has 7 saturated carbocycles. The van der Waals surface area contributed by atoms with Gasteiger partial charge in [-0.1, -0.05) is 79.8 Å². The number of fused-ring (bicyclic) bond motifs is 4. The summed E-state index contributed by atoms with van der Waals surface area (Å²) < 4.78 is 31.4. The minimum absolute atomic E-state index is 0.0813. The van der Waals surface area contributed by atoms with Crippen molar-refractivity contribution in [1.29, 1.82) is 0 Å². The van der Waals surface area contributed by atoms with Gasteiger partial charge in [-0.3, -0.25) is 24.5 Å². The smallest absolute Gasteiger partial charge is 0.166 e.